The van der Waals surface area contributed by atoms with Gasteiger partial charge in [-0.15, -0.1) is 0 Å². The van der Waals surface area contributed by atoms with E-state index >= 15 is 0 Å². The van der Waals surface area contributed by atoms with Crippen molar-refractivity contribution in [3.8, 4) is 0 Å². The number of hydrogen-bond donors (Lipinski definition) is 2. The van der Waals surface area contributed by atoms with E-state index in [-0.39, 0.29) is 5.25 Å². The predicted octanol–water partition coefficient (Wildman–Crippen LogP) is -0.672. The van der Waals surface area contributed by atoms with Crippen LogP contribution in [0.1, 0.15) is 12.8 Å². The summed E-state index contributed by atoms with van der Waals surface area (Å²) in [5.41, 5.74) is 0. The fraction of sp³-hybridized carbons (Fsp3) is 0.833. The van der Waals surface area contributed by atoms with E-state index < -0.39 is 9.71 Å². The third-order valence-electron chi connectivity index (χ3n) is 1.85. The van der Waals surface area contributed by atoms with E-state index in [1.807, 2.05) is 0 Å². The zero-order chi connectivity index (χ0) is 7.61. The number of nitrogens with one attached hydrogen (secondary N) is 1. The van der Waals surface area contributed by atoms with Gasteiger partial charge in [0.25, 0.3) is 0 Å². The van der Waals surface area contributed by atoms with E-state index in [0.717, 1.165) is 25.9 Å². The van der Waals surface area contributed by atoms with Gasteiger partial charge in [0, 0.05) is 15.0 Å². The van der Waals surface area contributed by atoms with Crippen molar-refractivity contribution in [2.24, 2.45) is 5.14 Å². The summed E-state index contributed by atoms with van der Waals surface area (Å²) in [7, 11) is -2.27. The Kier molecular flexibility index (Phi) is 2.33. The van der Waals surface area contributed by atoms with Gasteiger partial charge in [-0.1, -0.05) is 0 Å². The first-order chi connectivity index (χ1) is 4.61. The van der Waals surface area contributed by atoms with Crippen molar-refractivity contribution in [3.63, 3.8) is 0 Å². The molecule has 0 radical (unpaired) electrons. The normalized spacial score (nSPS) is 27.7. The summed E-state index contributed by atoms with van der Waals surface area (Å²) in [5.74, 6) is 3.47. The van der Waals surface area contributed by atoms with Gasteiger partial charge in [-0.25, -0.2) is 0 Å². The van der Waals surface area contributed by atoms with Gasteiger partial charge in [0.2, 0.25) is 0 Å². The van der Waals surface area contributed by atoms with E-state index in [9.17, 15) is 4.21 Å². The van der Waals surface area contributed by atoms with Crippen LogP contribution < -0.4 is 10.5 Å². The summed E-state index contributed by atoms with van der Waals surface area (Å²) >= 11 is 0. The van der Waals surface area contributed by atoms with Gasteiger partial charge in [-0.2, -0.15) is 0 Å². The Morgan fingerprint density at radius 2 is 2.00 bits per heavy atom. The Morgan fingerprint density at radius 1 is 1.50 bits per heavy atom. The molecule has 4 heteroatoms. The molecule has 0 spiro atoms. The van der Waals surface area contributed by atoms with Crippen LogP contribution in [0.4, 0.5) is 0 Å². The smallest absolute Gasteiger partial charge is 0.0424 e. The SMILES string of the molecule is C=S(N)(=O)C1CCNCC1. The van der Waals surface area contributed by atoms with Crippen molar-refractivity contribution in [1.29, 1.82) is 0 Å². The monoisotopic (exact) mass is 162 g/mol. The molecule has 0 aliphatic carbocycles. The fourth-order valence-electron chi connectivity index (χ4n) is 1.19. The molecule has 0 bridgehead atoms. The van der Waals surface area contributed by atoms with E-state index in [1.165, 1.54) is 0 Å². The molecule has 0 saturated carbocycles. The summed E-state index contributed by atoms with van der Waals surface area (Å²) in [5, 5.41) is 8.71. The van der Waals surface area contributed by atoms with Crippen LogP contribution in [0.5, 0.6) is 0 Å². The van der Waals surface area contributed by atoms with Crippen LogP contribution in [0.3, 0.4) is 0 Å². The van der Waals surface area contributed by atoms with Gasteiger partial charge in [0.15, 0.2) is 0 Å². The Labute approximate surface area is 62.1 Å². The lowest BCUT2D eigenvalue weighted by atomic mass is 10.2. The predicted molar refractivity (Wildman–Crippen MR) is 45.3 cm³/mol. The highest BCUT2D eigenvalue weighted by atomic mass is 32.2. The van der Waals surface area contributed by atoms with Gasteiger partial charge >= 0.3 is 0 Å². The fourth-order valence-corrected chi connectivity index (χ4v) is 2.23. The lowest BCUT2D eigenvalue weighted by Gasteiger charge is -2.23. The maximum absolute atomic E-state index is 11.2. The topological polar surface area (TPSA) is 55.1 Å². The summed E-state index contributed by atoms with van der Waals surface area (Å²) < 4.78 is 11.2. The van der Waals surface area contributed by atoms with Crippen molar-refractivity contribution in [2.45, 2.75) is 18.1 Å². The second-order valence-corrected chi connectivity index (χ2v) is 4.96. The maximum atomic E-state index is 11.2. The van der Waals surface area contributed by atoms with Gasteiger partial charge in [-0.3, -0.25) is 9.35 Å². The quantitative estimate of drug-likeness (QED) is 0.502. The Morgan fingerprint density at radius 3 is 2.30 bits per heavy atom. The molecule has 1 saturated heterocycles. The lowest BCUT2D eigenvalue weighted by molar-refractivity contribution is 0.519. The average molecular weight is 162 g/mol. The highest BCUT2D eigenvalue weighted by Gasteiger charge is 2.18. The van der Waals surface area contributed by atoms with Crippen molar-refractivity contribution in [1.82, 2.24) is 5.32 Å². The van der Waals surface area contributed by atoms with E-state index in [4.69, 9.17) is 5.14 Å². The van der Waals surface area contributed by atoms with Gasteiger partial charge < -0.3 is 5.32 Å². The van der Waals surface area contributed by atoms with Crippen LogP contribution in [0, 0.1) is 0 Å². The molecule has 10 heavy (non-hydrogen) atoms. The molecule has 0 aromatic carbocycles. The zero-order valence-corrected chi connectivity index (χ0v) is 6.82. The first-order valence-corrected chi connectivity index (χ1v) is 5.30. The van der Waals surface area contributed by atoms with Crippen LogP contribution in [-0.4, -0.2) is 28.4 Å². The van der Waals surface area contributed by atoms with Crippen molar-refractivity contribution < 1.29 is 4.21 Å². The number of nitrogens with two attached hydrogens (primary N) is 1. The van der Waals surface area contributed by atoms with E-state index in [0.29, 0.717) is 0 Å². The standard InChI is InChI=1S/C6H14N2OS/c1-10(7,9)6-2-4-8-5-3-6/h6,8H,1-5H2,(H2,7,9). The van der Waals surface area contributed by atoms with Gasteiger partial charge in [0.1, 0.15) is 0 Å². The molecule has 3 nitrogen and oxygen atoms in total. The highest BCUT2D eigenvalue weighted by molar-refractivity contribution is 7.98. The minimum absolute atomic E-state index is 0.133. The summed E-state index contributed by atoms with van der Waals surface area (Å²) in [4.78, 5) is 0. The molecule has 1 atom stereocenters. The number of hydrogen-bond acceptors (Lipinski definition) is 2. The Balaban J connectivity index is 2.56. The minimum atomic E-state index is -2.27. The first kappa shape index (κ1) is 8.04. The second kappa shape index (κ2) is 2.90. The minimum Gasteiger partial charge on any atom is -0.317 e. The average Bonchev–Trinajstić information content (AvgIpc) is 1.88. The van der Waals surface area contributed by atoms with Crippen molar-refractivity contribution in [2.75, 3.05) is 13.1 Å². The molecular weight excluding hydrogens is 148 g/mol. The molecule has 3 N–H and O–H groups in total. The van der Waals surface area contributed by atoms with Gasteiger partial charge in [-0.05, 0) is 31.8 Å². The Hall–Kier alpha value is -0.0600. The highest BCUT2D eigenvalue weighted by Crippen LogP contribution is 2.09. The van der Waals surface area contributed by atoms with Crippen LogP contribution in [0.25, 0.3) is 0 Å². The molecule has 0 amide bonds. The van der Waals surface area contributed by atoms with Crippen molar-refractivity contribution >= 4 is 15.6 Å². The molecule has 1 unspecified atom stereocenters. The summed E-state index contributed by atoms with van der Waals surface area (Å²) in [6.45, 7) is 1.85. The molecule has 1 rings (SSSR count). The zero-order valence-electron chi connectivity index (χ0n) is 6.01. The summed E-state index contributed by atoms with van der Waals surface area (Å²) in [6.07, 6.45) is 1.80. The molecule has 0 aromatic heterocycles. The molecule has 0 aromatic rings. The van der Waals surface area contributed by atoms with Crippen LogP contribution in [-0.2, 0) is 9.71 Å². The van der Waals surface area contributed by atoms with Crippen molar-refractivity contribution in [3.05, 3.63) is 0 Å². The third kappa shape index (κ3) is 1.97. The first-order valence-electron chi connectivity index (χ1n) is 3.45. The summed E-state index contributed by atoms with van der Waals surface area (Å²) in [6, 6.07) is 0. The molecule has 1 heterocycles. The number of rotatable bonds is 1. The van der Waals surface area contributed by atoms with E-state index in [1.54, 1.807) is 0 Å². The van der Waals surface area contributed by atoms with Crippen LogP contribution in [0.2, 0.25) is 0 Å². The number of piperidine rings is 1. The Bertz CT molecular complexity index is 192. The third-order valence-corrected chi connectivity index (χ3v) is 3.45. The van der Waals surface area contributed by atoms with Crippen LogP contribution in [0.15, 0.2) is 0 Å². The lowest BCUT2D eigenvalue weighted by Crippen LogP contribution is -2.38. The van der Waals surface area contributed by atoms with Gasteiger partial charge in [0.05, 0.1) is 0 Å². The molecular formula is C6H14N2OS. The second-order valence-electron chi connectivity index (χ2n) is 2.73. The molecule has 60 valence electrons. The molecule has 1 aliphatic heterocycles. The molecule has 1 aliphatic rings. The largest absolute Gasteiger partial charge is 0.317 e. The maximum Gasteiger partial charge on any atom is 0.0424 e. The van der Waals surface area contributed by atoms with Crippen LogP contribution >= 0.6 is 0 Å². The molecule has 1 fully saturated rings. The van der Waals surface area contributed by atoms with E-state index in [2.05, 4.69) is 11.2 Å².